The number of ether oxygens (including phenoxy) is 2. The molecule has 1 aliphatic rings. The molecule has 0 saturated carbocycles. The Hall–Kier alpha value is -1.75. The van der Waals surface area contributed by atoms with Gasteiger partial charge in [0.1, 0.15) is 13.2 Å². The summed E-state index contributed by atoms with van der Waals surface area (Å²) in [6, 6.07) is 5.35. The SMILES string of the molecule is CCCCC(CN)NC(=O)c1cccc2c1OCCO2. The maximum atomic E-state index is 12.3. The fourth-order valence-corrected chi connectivity index (χ4v) is 2.22. The topological polar surface area (TPSA) is 73.6 Å². The molecular weight excluding hydrogens is 256 g/mol. The zero-order valence-electron chi connectivity index (χ0n) is 11.9. The largest absolute Gasteiger partial charge is 0.486 e. The van der Waals surface area contributed by atoms with E-state index in [4.69, 9.17) is 15.2 Å². The van der Waals surface area contributed by atoms with Crippen LogP contribution in [0.5, 0.6) is 11.5 Å². The van der Waals surface area contributed by atoms with E-state index in [9.17, 15) is 4.79 Å². The second-order valence-corrected chi connectivity index (χ2v) is 4.88. The van der Waals surface area contributed by atoms with Crippen LogP contribution >= 0.6 is 0 Å². The predicted molar refractivity (Wildman–Crippen MR) is 77.3 cm³/mol. The van der Waals surface area contributed by atoms with Gasteiger partial charge in [0.15, 0.2) is 11.5 Å². The van der Waals surface area contributed by atoms with Gasteiger partial charge in [0.25, 0.3) is 5.91 Å². The van der Waals surface area contributed by atoms with Gasteiger partial charge in [0.2, 0.25) is 0 Å². The number of carbonyl (C=O) groups is 1. The fraction of sp³-hybridized carbons (Fsp3) is 0.533. The summed E-state index contributed by atoms with van der Waals surface area (Å²) < 4.78 is 11.0. The third-order valence-corrected chi connectivity index (χ3v) is 3.34. The second-order valence-electron chi connectivity index (χ2n) is 4.88. The Morgan fingerprint density at radius 1 is 1.40 bits per heavy atom. The number of hydrogen-bond donors (Lipinski definition) is 2. The van der Waals surface area contributed by atoms with E-state index in [1.165, 1.54) is 0 Å². The summed E-state index contributed by atoms with van der Waals surface area (Å²) in [5, 5.41) is 2.97. The molecule has 0 aromatic heterocycles. The van der Waals surface area contributed by atoms with E-state index in [2.05, 4.69) is 12.2 Å². The first-order valence-corrected chi connectivity index (χ1v) is 7.15. The molecule has 110 valence electrons. The van der Waals surface area contributed by atoms with Gasteiger partial charge in [-0.25, -0.2) is 0 Å². The molecule has 1 heterocycles. The van der Waals surface area contributed by atoms with Crippen molar-refractivity contribution < 1.29 is 14.3 Å². The monoisotopic (exact) mass is 278 g/mol. The number of fused-ring (bicyclic) bond motifs is 1. The molecule has 0 fully saturated rings. The van der Waals surface area contributed by atoms with Crippen molar-refractivity contribution in [3.8, 4) is 11.5 Å². The van der Waals surface area contributed by atoms with E-state index in [0.717, 1.165) is 19.3 Å². The quantitative estimate of drug-likeness (QED) is 0.830. The van der Waals surface area contributed by atoms with Gasteiger partial charge in [-0.2, -0.15) is 0 Å². The Kier molecular flexibility index (Phi) is 5.24. The first-order valence-electron chi connectivity index (χ1n) is 7.15. The Morgan fingerprint density at radius 3 is 2.95 bits per heavy atom. The lowest BCUT2D eigenvalue weighted by atomic mass is 10.1. The van der Waals surface area contributed by atoms with Gasteiger partial charge >= 0.3 is 0 Å². The highest BCUT2D eigenvalue weighted by Gasteiger charge is 2.21. The summed E-state index contributed by atoms with van der Waals surface area (Å²) in [6.45, 7) is 3.54. The summed E-state index contributed by atoms with van der Waals surface area (Å²) >= 11 is 0. The molecule has 0 radical (unpaired) electrons. The van der Waals surface area contributed by atoms with Crippen LogP contribution < -0.4 is 20.5 Å². The lowest BCUT2D eigenvalue weighted by Crippen LogP contribution is -2.40. The first-order chi connectivity index (χ1) is 9.76. The van der Waals surface area contributed by atoms with Crippen LogP contribution in [0, 0.1) is 0 Å². The molecule has 1 amide bonds. The zero-order chi connectivity index (χ0) is 14.4. The van der Waals surface area contributed by atoms with Gasteiger partial charge in [-0.3, -0.25) is 4.79 Å². The maximum Gasteiger partial charge on any atom is 0.255 e. The number of nitrogens with two attached hydrogens (primary N) is 1. The molecule has 1 aromatic rings. The normalized spacial score (nSPS) is 14.7. The number of para-hydroxylation sites is 1. The van der Waals surface area contributed by atoms with Gasteiger partial charge in [-0.15, -0.1) is 0 Å². The van der Waals surface area contributed by atoms with Crippen molar-refractivity contribution in [1.82, 2.24) is 5.32 Å². The highest BCUT2D eigenvalue weighted by Crippen LogP contribution is 2.33. The highest BCUT2D eigenvalue weighted by molar-refractivity contribution is 5.98. The minimum absolute atomic E-state index is 0.00261. The molecule has 0 saturated heterocycles. The number of amides is 1. The molecule has 0 aliphatic carbocycles. The van der Waals surface area contributed by atoms with Gasteiger partial charge in [-0.1, -0.05) is 25.8 Å². The third-order valence-electron chi connectivity index (χ3n) is 3.34. The van der Waals surface area contributed by atoms with Crippen molar-refractivity contribution in [2.45, 2.75) is 32.2 Å². The van der Waals surface area contributed by atoms with Gasteiger partial charge in [0.05, 0.1) is 5.56 Å². The van der Waals surface area contributed by atoms with E-state index in [1.54, 1.807) is 12.1 Å². The molecular formula is C15H22N2O3. The summed E-state index contributed by atoms with van der Waals surface area (Å²) in [5.41, 5.74) is 6.22. The molecule has 1 aromatic carbocycles. The minimum atomic E-state index is -0.154. The van der Waals surface area contributed by atoms with Crippen molar-refractivity contribution in [2.75, 3.05) is 19.8 Å². The van der Waals surface area contributed by atoms with Crippen LogP contribution in [0.2, 0.25) is 0 Å². The van der Waals surface area contributed by atoms with Crippen molar-refractivity contribution in [1.29, 1.82) is 0 Å². The van der Waals surface area contributed by atoms with Crippen LogP contribution in [0.15, 0.2) is 18.2 Å². The van der Waals surface area contributed by atoms with Crippen LogP contribution in [0.3, 0.4) is 0 Å². The highest BCUT2D eigenvalue weighted by atomic mass is 16.6. The molecule has 20 heavy (non-hydrogen) atoms. The number of unbranched alkanes of at least 4 members (excludes halogenated alkanes) is 1. The van der Waals surface area contributed by atoms with Crippen LogP contribution in [0.25, 0.3) is 0 Å². The van der Waals surface area contributed by atoms with Crippen molar-refractivity contribution >= 4 is 5.91 Å². The van der Waals surface area contributed by atoms with Crippen molar-refractivity contribution in [3.05, 3.63) is 23.8 Å². The summed E-state index contributed by atoms with van der Waals surface area (Å²) in [4.78, 5) is 12.3. The number of nitrogens with one attached hydrogen (secondary N) is 1. The summed E-state index contributed by atoms with van der Waals surface area (Å²) in [7, 11) is 0. The number of benzene rings is 1. The van der Waals surface area contributed by atoms with E-state index in [0.29, 0.717) is 36.8 Å². The molecule has 0 spiro atoms. The van der Waals surface area contributed by atoms with E-state index in [-0.39, 0.29) is 11.9 Å². The molecule has 5 heteroatoms. The first kappa shape index (κ1) is 14.7. The molecule has 2 rings (SSSR count). The van der Waals surface area contributed by atoms with Gasteiger partial charge in [-0.05, 0) is 18.6 Å². The minimum Gasteiger partial charge on any atom is -0.486 e. The molecule has 1 aliphatic heterocycles. The van der Waals surface area contributed by atoms with E-state index >= 15 is 0 Å². The Balaban J connectivity index is 2.09. The van der Waals surface area contributed by atoms with E-state index < -0.39 is 0 Å². The molecule has 3 N–H and O–H groups in total. The van der Waals surface area contributed by atoms with E-state index in [1.807, 2.05) is 6.07 Å². The standard InChI is InChI=1S/C15H22N2O3/c1-2-3-5-11(10-16)17-15(18)12-6-4-7-13-14(12)20-9-8-19-13/h4,6-7,11H,2-3,5,8-10,16H2,1H3,(H,17,18). The zero-order valence-corrected chi connectivity index (χ0v) is 11.9. The maximum absolute atomic E-state index is 12.3. The van der Waals surface area contributed by atoms with Crippen molar-refractivity contribution in [3.63, 3.8) is 0 Å². The molecule has 1 atom stereocenters. The van der Waals surface area contributed by atoms with Gasteiger partial charge in [0, 0.05) is 12.6 Å². The summed E-state index contributed by atoms with van der Waals surface area (Å²) in [5.74, 6) is 1.00. The number of carbonyl (C=O) groups excluding carboxylic acids is 1. The molecule has 5 nitrogen and oxygen atoms in total. The van der Waals surface area contributed by atoms with Gasteiger partial charge < -0.3 is 20.5 Å². The van der Waals surface area contributed by atoms with Crippen LogP contribution in [-0.4, -0.2) is 31.7 Å². The number of rotatable bonds is 6. The lowest BCUT2D eigenvalue weighted by Gasteiger charge is -2.22. The molecule has 1 unspecified atom stereocenters. The Morgan fingerprint density at radius 2 is 2.20 bits per heavy atom. The van der Waals surface area contributed by atoms with Crippen molar-refractivity contribution in [2.24, 2.45) is 5.73 Å². The smallest absolute Gasteiger partial charge is 0.255 e. The predicted octanol–water partition coefficient (Wildman–Crippen LogP) is 1.71. The molecule has 0 bridgehead atoms. The van der Waals surface area contributed by atoms with Crippen LogP contribution in [0.1, 0.15) is 36.5 Å². The lowest BCUT2D eigenvalue weighted by molar-refractivity contribution is 0.0924. The van der Waals surface area contributed by atoms with Crippen LogP contribution in [0.4, 0.5) is 0 Å². The fourth-order valence-electron chi connectivity index (χ4n) is 2.22. The van der Waals surface area contributed by atoms with Crippen LogP contribution in [-0.2, 0) is 0 Å². The third kappa shape index (κ3) is 3.42. The number of hydrogen-bond acceptors (Lipinski definition) is 4. The summed E-state index contributed by atoms with van der Waals surface area (Å²) in [6.07, 6.45) is 3.03. The average molecular weight is 278 g/mol. The Bertz CT molecular complexity index is 462. The second kappa shape index (κ2) is 7.14. The average Bonchev–Trinajstić information content (AvgIpc) is 2.50. The Labute approximate surface area is 119 Å².